The van der Waals surface area contributed by atoms with Gasteiger partial charge in [0.25, 0.3) is 5.91 Å². The number of nitrogens with one attached hydrogen (secondary N) is 3. The van der Waals surface area contributed by atoms with Crippen LogP contribution in [0.5, 0.6) is 0 Å². The van der Waals surface area contributed by atoms with Crippen LogP contribution < -0.4 is 21.7 Å². The Balaban J connectivity index is 1.19. The number of thiazole rings is 1. The van der Waals surface area contributed by atoms with Crippen LogP contribution in [0.1, 0.15) is 78.7 Å². The van der Waals surface area contributed by atoms with Crippen LogP contribution in [0.3, 0.4) is 0 Å². The monoisotopic (exact) mass is 866 g/mol. The first-order valence-electron chi connectivity index (χ1n) is 18.8. The number of benzene rings is 2. The lowest BCUT2D eigenvalue weighted by molar-refractivity contribution is -0.142. The van der Waals surface area contributed by atoms with E-state index in [1.807, 2.05) is 0 Å². The quantitative estimate of drug-likeness (QED) is 0.0714. The van der Waals surface area contributed by atoms with Gasteiger partial charge in [0.15, 0.2) is 11.6 Å². The Labute approximate surface area is 339 Å². The first-order chi connectivity index (χ1) is 27.6. The molecule has 4 aromatic rings. The van der Waals surface area contributed by atoms with Crippen LogP contribution in [-0.4, -0.2) is 77.9 Å². The summed E-state index contributed by atoms with van der Waals surface area (Å²) >= 11 is 2.22. The maximum Gasteiger partial charge on any atom is 0.404 e. The molecule has 0 bridgehead atoms. The zero-order valence-corrected chi connectivity index (χ0v) is 34.1. The van der Waals surface area contributed by atoms with Crippen molar-refractivity contribution in [2.24, 2.45) is 5.73 Å². The highest BCUT2D eigenvalue weighted by molar-refractivity contribution is 7.54. The van der Waals surface area contributed by atoms with Gasteiger partial charge in [0.05, 0.1) is 29.8 Å². The number of nitrogens with two attached hydrogens (primary N) is 1. The third kappa shape index (κ3) is 9.29. The topological polar surface area (TPSA) is 182 Å². The molecule has 0 saturated carbocycles. The predicted octanol–water partition coefficient (Wildman–Crippen LogP) is 6.58. The molecule has 2 saturated heterocycles. The number of thiophene rings is 1. The average molecular weight is 867 g/mol. The number of alkyl halides is 2. The zero-order chi connectivity index (χ0) is 41.8. The fourth-order valence-electron chi connectivity index (χ4n) is 7.16. The Hall–Kier alpha value is -4.26. The molecular formula is C38H43F4N6O7PS2. The second kappa shape index (κ2) is 18.3. The van der Waals surface area contributed by atoms with Crippen molar-refractivity contribution in [3.8, 4) is 11.3 Å². The number of fused-ring (bicyclic) bond motifs is 2. The van der Waals surface area contributed by atoms with Crippen LogP contribution in [0.4, 0.5) is 17.6 Å². The molecule has 2 aromatic heterocycles. The van der Waals surface area contributed by atoms with Gasteiger partial charge in [0, 0.05) is 40.2 Å². The summed E-state index contributed by atoms with van der Waals surface area (Å²) in [6.45, 7) is 2.91. The summed E-state index contributed by atoms with van der Waals surface area (Å²) in [7, 11) is -4.87. The highest BCUT2D eigenvalue weighted by Gasteiger charge is 2.55. The lowest BCUT2D eigenvalue weighted by atomic mass is 10.1. The van der Waals surface area contributed by atoms with E-state index in [9.17, 15) is 32.5 Å². The third-order valence-electron chi connectivity index (χ3n) is 9.96. The first-order valence-corrected chi connectivity index (χ1v) is 22.0. The first kappa shape index (κ1) is 43.3. The Bertz CT molecular complexity index is 2210. The van der Waals surface area contributed by atoms with E-state index in [1.165, 1.54) is 48.3 Å². The standard InChI is InChI=1S/C38H43F4N6O7PS2/c1-3-54-56(53,55-4-2)38(41,42)23-9-13-31-22(16-23)18-32(58-31)35(51)46-28-19-44-15-14-24-10-12-30(48(24)37(28)52)34(50)45-27(6-5-7-33(43)49)36-47-29(20-57-36)21-8-11-25(39)26(40)17-21/h8-9,11,13,16-18,20,24,27-28,30,44H,3-7,10,12,14-15,19H2,1-2H3,(H2,43,49)(H,45,50)(H,46,51)/t24-,27+,28+,30+/m1/s1. The Kier molecular flexibility index (Phi) is 13.7. The second-order valence-electron chi connectivity index (χ2n) is 13.9. The van der Waals surface area contributed by atoms with Crippen molar-refractivity contribution < 1.29 is 50.4 Å². The number of hydrogen-bond acceptors (Lipinski definition) is 11. The minimum atomic E-state index is -4.87. The average Bonchev–Trinajstić information content (AvgIpc) is 3.94. The van der Waals surface area contributed by atoms with Gasteiger partial charge in [-0.15, -0.1) is 22.7 Å². The SMILES string of the molecule is CCOP(=O)(OCC)C(F)(F)c1ccc2sc(C(=O)N[C@H]3CNCC[C@H]4CC[C@@H](C(=O)N[C@@H](CCCC(N)=O)c5nc(-c6ccc(F)c(F)c6)cs5)N4C3=O)cc2c1. The Morgan fingerprint density at radius 1 is 1.07 bits per heavy atom. The summed E-state index contributed by atoms with van der Waals surface area (Å²) in [6, 6.07) is 5.46. The summed E-state index contributed by atoms with van der Waals surface area (Å²) in [4.78, 5) is 59.8. The molecule has 2 aromatic carbocycles. The number of hydrogen-bond donors (Lipinski definition) is 4. The fraction of sp³-hybridized carbons (Fsp3) is 0.447. The number of halogens is 4. The number of carbonyl (C=O) groups excluding carboxylic acids is 4. The van der Waals surface area contributed by atoms with Crippen LogP contribution in [0, 0.1) is 11.6 Å². The van der Waals surface area contributed by atoms with E-state index in [0.717, 1.165) is 35.6 Å². The molecule has 5 N–H and O–H groups in total. The van der Waals surface area contributed by atoms with Gasteiger partial charge in [-0.25, -0.2) is 13.8 Å². The number of aromatic nitrogens is 1. The van der Waals surface area contributed by atoms with Gasteiger partial charge in [0.2, 0.25) is 17.7 Å². The van der Waals surface area contributed by atoms with E-state index in [0.29, 0.717) is 53.2 Å². The van der Waals surface area contributed by atoms with Gasteiger partial charge in [0.1, 0.15) is 17.1 Å². The maximum absolute atomic E-state index is 15.5. The third-order valence-corrected chi connectivity index (χ3v) is 14.2. The summed E-state index contributed by atoms with van der Waals surface area (Å²) in [5.74, 6) is -4.12. The Morgan fingerprint density at radius 3 is 2.53 bits per heavy atom. The van der Waals surface area contributed by atoms with Crippen LogP contribution in [0.15, 0.2) is 47.8 Å². The van der Waals surface area contributed by atoms with Crippen molar-refractivity contribution in [3.05, 3.63) is 74.9 Å². The molecule has 4 amide bonds. The van der Waals surface area contributed by atoms with Crippen LogP contribution >= 0.6 is 30.3 Å². The molecule has 312 valence electrons. The molecule has 2 fully saturated rings. The molecule has 0 radical (unpaired) electrons. The highest BCUT2D eigenvalue weighted by Crippen LogP contribution is 2.67. The molecule has 0 aliphatic carbocycles. The molecule has 0 unspecified atom stereocenters. The molecule has 4 heterocycles. The van der Waals surface area contributed by atoms with Gasteiger partial charge in [-0.2, -0.15) is 8.78 Å². The summed E-state index contributed by atoms with van der Waals surface area (Å²) in [5, 5.41) is 11.4. The zero-order valence-electron chi connectivity index (χ0n) is 31.6. The molecular weight excluding hydrogens is 824 g/mol. The summed E-state index contributed by atoms with van der Waals surface area (Å²) in [6.07, 6.45) is 2.08. The number of rotatable bonds is 16. The van der Waals surface area contributed by atoms with Crippen molar-refractivity contribution in [1.29, 1.82) is 0 Å². The lowest BCUT2D eigenvalue weighted by Crippen LogP contribution is -2.60. The fourth-order valence-corrected chi connectivity index (χ4v) is 10.6. The molecule has 58 heavy (non-hydrogen) atoms. The van der Waals surface area contributed by atoms with Crippen molar-refractivity contribution in [2.45, 2.75) is 82.2 Å². The van der Waals surface area contributed by atoms with E-state index in [-0.39, 0.29) is 48.9 Å². The number of amides is 4. The maximum atomic E-state index is 15.5. The summed E-state index contributed by atoms with van der Waals surface area (Å²) in [5.41, 5.74) is 1.50. The molecule has 20 heteroatoms. The van der Waals surface area contributed by atoms with E-state index in [4.69, 9.17) is 14.8 Å². The summed E-state index contributed by atoms with van der Waals surface area (Å²) < 4.78 is 81.9. The van der Waals surface area contributed by atoms with Gasteiger partial charge in [-0.1, -0.05) is 6.07 Å². The van der Waals surface area contributed by atoms with Crippen molar-refractivity contribution in [3.63, 3.8) is 0 Å². The minimum Gasteiger partial charge on any atom is -0.370 e. The van der Waals surface area contributed by atoms with E-state index in [1.54, 1.807) is 5.38 Å². The number of nitrogens with zero attached hydrogens (tertiary/aromatic N) is 2. The lowest BCUT2D eigenvalue weighted by Gasteiger charge is -2.35. The van der Waals surface area contributed by atoms with Gasteiger partial charge in [-0.3, -0.25) is 23.7 Å². The van der Waals surface area contributed by atoms with E-state index >= 15 is 8.78 Å². The smallest absolute Gasteiger partial charge is 0.370 e. The van der Waals surface area contributed by atoms with Crippen molar-refractivity contribution in [1.82, 2.24) is 25.8 Å². The molecule has 6 rings (SSSR count). The van der Waals surface area contributed by atoms with Crippen molar-refractivity contribution >= 4 is 64.0 Å². The van der Waals surface area contributed by atoms with Crippen molar-refractivity contribution in [2.75, 3.05) is 26.3 Å². The molecule has 2 aliphatic rings. The predicted molar refractivity (Wildman–Crippen MR) is 210 cm³/mol. The van der Waals surface area contributed by atoms with Gasteiger partial charge < -0.3 is 35.6 Å². The van der Waals surface area contributed by atoms with Gasteiger partial charge in [-0.05, 0) is 94.3 Å². The molecule has 4 atom stereocenters. The Morgan fingerprint density at radius 2 is 1.83 bits per heavy atom. The minimum absolute atomic E-state index is 0.0512. The largest absolute Gasteiger partial charge is 0.404 e. The van der Waals surface area contributed by atoms with E-state index in [2.05, 4.69) is 20.9 Å². The molecule has 2 aliphatic heterocycles. The molecule has 13 nitrogen and oxygen atoms in total. The van der Waals surface area contributed by atoms with Crippen LogP contribution in [-0.2, 0) is 33.7 Å². The molecule has 0 spiro atoms. The number of primary amides is 1. The normalized spacial score (nSPS) is 19.4. The van der Waals surface area contributed by atoms with E-state index < -0.39 is 72.2 Å². The second-order valence-corrected chi connectivity index (χ2v) is 17.9. The van der Waals surface area contributed by atoms with Crippen LogP contribution in [0.2, 0.25) is 0 Å². The van der Waals surface area contributed by atoms with Gasteiger partial charge >= 0.3 is 13.3 Å². The van der Waals surface area contributed by atoms with Crippen LogP contribution in [0.25, 0.3) is 21.3 Å². The highest BCUT2D eigenvalue weighted by atomic mass is 32.1. The number of carbonyl (C=O) groups is 4.